The number of hydrogen-bond donors (Lipinski definition) is 1. The molecule has 1 atom stereocenters. The largest absolute Gasteiger partial charge is 0.491 e. The summed E-state index contributed by atoms with van der Waals surface area (Å²) in [5.41, 5.74) is 1.96. The molecule has 0 radical (unpaired) electrons. The zero-order chi connectivity index (χ0) is 11.1. The highest BCUT2D eigenvalue weighted by molar-refractivity contribution is 5.31. The van der Waals surface area contributed by atoms with E-state index >= 15 is 0 Å². The normalized spacial score (nSPS) is 14.3. The molecular weight excluding hydrogens is 174 g/mol. The molecule has 2 heteroatoms. The quantitative estimate of drug-likeness (QED) is 0.519. The van der Waals surface area contributed by atoms with E-state index in [0.29, 0.717) is 12.6 Å². The van der Waals surface area contributed by atoms with E-state index in [1.165, 1.54) is 0 Å². The summed E-state index contributed by atoms with van der Waals surface area (Å²) in [7, 11) is 1.92. The Balaban J connectivity index is 4.41. The van der Waals surface area contributed by atoms with Crippen LogP contribution >= 0.6 is 0 Å². The highest BCUT2D eigenvalue weighted by Crippen LogP contribution is 2.15. The third kappa shape index (κ3) is 4.28. The van der Waals surface area contributed by atoms with Crippen LogP contribution in [0.2, 0.25) is 0 Å². The minimum Gasteiger partial charge on any atom is -0.491 e. The number of allylic oxidation sites excluding steroid dienone is 3. The van der Waals surface area contributed by atoms with Gasteiger partial charge in [0.2, 0.25) is 0 Å². The molecule has 0 aliphatic rings. The van der Waals surface area contributed by atoms with Crippen LogP contribution in [0.25, 0.3) is 0 Å². The van der Waals surface area contributed by atoms with Gasteiger partial charge in [0.05, 0.1) is 0 Å². The highest BCUT2D eigenvalue weighted by atomic mass is 16.5. The fraction of sp³-hybridized carbons (Fsp3) is 0.500. The maximum atomic E-state index is 5.66. The predicted molar refractivity (Wildman–Crippen MR) is 62.2 cm³/mol. The predicted octanol–water partition coefficient (Wildman–Crippen LogP) is 2.65. The molecule has 0 aromatic rings. The van der Waals surface area contributed by atoms with E-state index < -0.39 is 0 Å². The summed E-state index contributed by atoms with van der Waals surface area (Å²) >= 11 is 0. The Bertz CT molecular complexity index is 241. The lowest BCUT2D eigenvalue weighted by Gasteiger charge is -2.16. The zero-order valence-electron chi connectivity index (χ0n) is 9.68. The molecule has 0 saturated heterocycles. The summed E-state index contributed by atoms with van der Waals surface area (Å²) in [5.74, 6) is 0.849. The van der Waals surface area contributed by atoms with Gasteiger partial charge in [-0.2, -0.15) is 0 Å². The van der Waals surface area contributed by atoms with Gasteiger partial charge < -0.3 is 10.1 Å². The van der Waals surface area contributed by atoms with Gasteiger partial charge in [0.1, 0.15) is 12.4 Å². The summed E-state index contributed by atoms with van der Waals surface area (Å²) in [6.07, 6.45) is 1.79. The fourth-order valence-corrected chi connectivity index (χ4v) is 0.958. The van der Waals surface area contributed by atoms with E-state index in [4.69, 9.17) is 4.74 Å². The average Bonchev–Trinajstić information content (AvgIpc) is 2.16. The molecule has 2 nitrogen and oxygen atoms in total. The van der Waals surface area contributed by atoms with Crippen molar-refractivity contribution >= 4 is 0 Å². The van der Waals surface area contributed by atoms with Gasteiger partial charge >= 0.3 is 0 Å². The van der Waals surface area contributed by atoms with Crippen LogP contribution < -0.4 is 5.32 Å². The Labute approximate surface area is 87.3 Å². The van der Waals surface area contributed by atoms with Gasteiger partial charge in [-0.15, -0.1) is 0 Å². The third-order valence-corrected chi connectivity index (χ3v) is 2.02. The van der Waals surface area contributed by atoms with Crippen LogP contribution in [0.5, 0.6) is 0 Å². The second-order valence-electron chi connectivity index (χ2n) is 3.50. The summed E-state index contributed by atoms with van der Waals surface area (Å²) in [6.45, 7) is 14.2. The van der Waals surface area contributed by atoms with Crippen molar-refractivity contribution < 1.29 is 4.74 Å². The molecule has 80 valence electrons. The average molecular weight is 195 g/mol. The first-order valence-corrected chi connectivity index (χ1v) is 4.82. The molecule has 0 spiro atoms. The van der Waals surface area contributed by atoms with Crippen molar-refractivity contribution in [2.75, 3.05) is 13.7 Å². The Kier molecular flexibility index (Phi) is 5.97. The van der Waals surface area contributed by atoms with Crippen LogP contribution in [0.1, 0.15) is 20.8 Å². The van der Waals surface area contributed by atoms with Gasteiger partial charge in [0, 0.05) is 6.04 Å². The van der Waals surface area contributed by atoms with Crippen LogP contribution in [-0.2, 0) is 4.74 Å². The van der Waals surface area contributed by atoms with Gasteiger partial charge in [-0.25, -0.2) is 0 Å². The zero-order valence-corrected chi connectivity index (χ0v) is 9.68. The Morgan fingerprint density at radius 1 is 1.50 bits per heavy atom. The van der Waals surface area contributed by atoms with Crippen molar-refractivity contribution in [1.29, 1.82) is 0 Å². The van der Waals surface area contributed by atoms with Crippen molar-refractivity contribution in [2.45, 2.75) is 26.8 Å². The first kappa shape index (κ1) is 13.0. The van der Waals surface area contributed by atoms with Crippen molar-refractivity contribution in [3.8, 4) is 0 Å². The molecule has 14 heavy (non-hydrogen) atoms. The van der Waals surface area contributed by atoms with Crippen molar-refractivity contribution in [2.24, 2.45) is 0 Å². The Morgan fingerprint density at radius 3 is 2.43 bits per heavy atom. The van der Waals surface area contributed by atoms with Gasteiger partial charge in [0.15, 0.2) is 0 Å². The summed E-state index contributed by atoms with van der Waals surface area (Å²) in [5, 5.41) is 3.11. The van der Waals surface area contributed by atoms with Gasteiger partial charge in [-0.3, -0.25) is 0 Å². The van der Waals surface area contributed by atoms with E-state index in [9.17, 15) is 0 Å². The monoisotopic (exact) mass is 195 g/mol. The van der Waals surface area contributed by atoms with E-state index in [-0.39, 0.29) is 0 Å². The van der Waals surface area contributed by atoms with E-state index in [2.05, 4.69) is 25.4 Å². The Morgan fingerprint density at radius 2 is 2.07 bits per heavy atom. The minimum atomic E-state index is 0.335. The summed E-state index contributed by atoms with van der Waals surface area (Å²) in [4.78, 5) is 0. The lowest BCUT2D eigenvalue weighted by Crippen LogP contribution is -2.26. The van der Waals surface area contributed by atoms with E-state index in [1.54, 1.807) is 6.08 Å². The number of likely N-dealkylation sites (N-methyl/N-ethyl adjacent to an activating group) is 1. The second-order valence-corrected chi connectivity index (χ2v) is 3.50. The molecule has 0 aromatic carbocycles. The lowest BCUT2D eigenvalue weighted by molar-refractivity contribution is 0.193. The highest BCUT2D eigenvalue weighted by Gasteiger charge is 2.05. The molecule has 0 heterocycles. The molecule has 0 fully saturated rings. The van der Waals surface area contributed by atoms with E-state index in [1.807, 2.05) is 20.9 Å². The molecule has 1 N–H and O–H groups in total. The molecule has 1 unspecified atom stereocenters. The summed E-state index contributed by atoms with van der Waals surface area (Å²) in [6, 6.07) is 0.335. The van der Waals surface area contributed by atoms with E-state index in [0.717, 1.165) is 16.9 Å². The van der Waals surface area contributed by atoms with Crippen LogP contribution in [0.15, 0.2) is 36.1 Å². The number of hydrogen-bond acceptors (Lipinski definition) is 2. The van der Waals surface area contributed by atoms with Gasteiger partial charge in [-0.05, 0) is 39.0 Å². The van der Waals surface area contributed by atoms with Crippen molar-refractivity contribution in [3.63, 3.8) is 0 Å². The summed E-state index contributed by atoms with van der Waals surface area (Å²) < 4.78 is 5.66. The topological polar surface area (TPSA) is 21.3 Å². The minimum absolute atomic E-state index is 0.335. The maximum absolute atomic E-state index is 5.66. The van der Waals surface area contributed by atoms with Crippen LogP contribution in [0.3, 0.4) is 0 Å². The number of ether oxygens (including phenoxy) is 1. The molecule has 0 amide bonds. The third-order valence-electron chi connectivity index (χ3n) is 2.02. The van der Waals surface area contributed by atoms with Crippen molar-refractivity contribution in [1.82, 2.24) is 5.32 Å². The first-order chi connectivity index (χ1) is 6.52. The van der Waals surface area contributed by atoms with Gasteiger partial charge in [0.25, 0.3) is 0 Å². The molecular formula is C12H21NO. The molecule has 0 aliphatic heterocycles. The fourth-order valence-electron chi connectivity index (χ4n) is 0.958. The maximum Gasteiger partial charge on any atom is 0.124 e. The molecule has 0 saturated carbocycles. The molecule has 0 aromatic heterocycles. The second kappa shape index (κ2) is 6.44. The van der Waals surface area contributed by atoms with Crippen LogP contribution in [0.4, 0.5) is 0 Å². The SMILES string of the molecule is C=C/C(C)=C(/OCC(C)NC)C(=C)C. The number of rotatable bonds is 6. The molecule has 0 aliphatic carbocycles. The van der Waals surface area contributed by atoms with Crippen LogP contribution in [-0.4, -0.2) is 19.7 Å². The molecule has 0 bridgehead atoms. The van der Waals surface area contributed by atoms with Crippen molar-refractivity contribution in [3.05, 3.63) is 36.1 Å². The molecule has 0 rings (SSSR count). The standard InChI is InChI=1S/C12H21NO/c1-7-10(4)12(9(2)3)14-8-11(5)13-6/h7,11,13H,1-2,8H2,3-6H3/b12-10+. The van der Waals surface area contributed by atoms with Crippen LogP contribution in [0, 0.1) is 0 Å². The number of nitrogens with one attached hydrogen (secondary N) is 1. The Hall–Kier alpha value is -1.02. The first-order valence-electron chi connectivity index (χ1n) is 4.82. The smallest absolute Gasteiger partial charge is 0.124 e. The van der Waals surface area contributed by atoms with Gasteiger partial charge in [-0.1, -0.05) is 19.2 Å². The lowest BCUT2D eigenvalue weighted by atomic mass is 10.1.